The normalized spacial score (nSPS) is 20.2. The van der Waals surface area contributed by atoms with Gasteiger partial charge in [-0.3, -0.25) is 9.69 Å². The van der Waals surface area contributed by atoms with Gasteiger partial charge in [-0.05, 0) is 43.7 Å². The Bertz CT molecular complexity index is 852. The van der Waals surface area contributed by atoms with Gasteiger partial charge in [0.15, 0.2) is 12.4 Å². The van der Waals surface area contributed by atoms with Crippen LogP contribution >= 0.6 is 0 Å². The minimum atomic E-state index is -4.42. The van der Waals surface area contributed by atoms with Crippen LogP contribution in [0.2, 0.25) is 0 Å². The number of hydrogen-bond donors (Lipinski definition) is 0. The number of ether oxygens (including phenoxy) is 1. The van der Waals surface area contributed by atoms with Crippen molar-refractivity contribution >= 4 is 5.91 Å². The second kappa shape index (κ2) is 7.46. The van der Waals surface area contributed by atoms with Gasteiger partial charge in [-0.25, -0.2) is 4.68 Å². The molecule has 1 aromatic heterocycles. The second-order valence-corrected chi connectivity index (χ2v) is 7.12. The quantitative estimate of drug-likeness (QED) is 0.800. The Morgan fingerprint density at radius 2 is 2.07 bits per heavy atom. The van der Waals surface area contributed by atoms with E-state index in [1.54, 1.807) is 12.3 Å². The summed E-state index contributed by atoms with van der Waals surface area (Å²) in [6.07, 6.45) is -0.544. The number of piperazine rings is 1. The van der Waals surface area contributed by atoms with E-state index in [2.05, 4.69) is 10.00 Å². The first-order chi connectivity index (χ1) is 13.4. The highest BCUT2D eigenvalue weighted by Crippen LogP contribution is 2.31. The van der Waals surface area contributed by atoms with Gasteiger partial charge in [0.1, 0.15) is 5.75 Å². The van der Waals surface area contributed by atoms with E-state index >= 15 is 0 Å². The minimum Gasteiger partial charge on any atom is -0.471 e. The van der Waals surface area contributed by atoms with Crippen molar-refractivity contribution in [2.24, 2.45) is 0 Å². The van der Waals surface area contributed by atoms with Crippen LogP contribution in [-0.4, -0.2) is 57.7 Å². The van der Waals surface area contributed by atoms with E-state index in [1.807, 2.05) is 4.90 Å². The minimum absolute atomic E-state index is 0.0784. The largest absolute Gasteiger partial charge is 0.471 e. The monoisotopic (exact) mass is 394 g/mol. The van der Waals surface area contributed by atoms with Gasteiger partial charge >= 0.3 is 6.18 Å². The summed E-state index contributed by atoms with van der Waals surface area (Å²) < 4.78 is 45.1. The number of rotatable bonds is 4. The smallest absolute Gasteiger partial charge is 0.416 e. The Morgan fingerprint density at radius 3 is 2.89 bits per heavy atom. The van der Waals surface area contributed by atoms with E-state index in [0.717, 1.165) is 31.6 Å². The van der Waals surface area contributed by atoms with Crippen molar-refractivity contribution in [2.75, 3.05) is 26.2 Å². The van der Waals surface area contributed by atoms with Crippen molar-refractivity contribution < 1.29 is 22.7 Å². The summed E-state index contributed by atoms with van der Waals surface area (Å²) in [5.74, 6) is -0.0278. The number of nitrogens with zero attached hydrogens (tertiary/aromatic N) is 4. The number of benzene rings is 1. The first-order valence-corrected chi connectivity index (χ1v) is 9.27. The number of amides is 1. The third-order valence-electron chi connectivity index (χ3n) is 5.26. The van der Waals surface area contributed by atoms with Crippen LogP contribution in [0.1, 0.15) is 28.9 Å². The van der Waals surface area contributed by atoms with Gasteiger partial charge in [-0.15, -0.1) is 0 Å². The van der Waals surface area contributed by atoms with Crippen LogP contribution in [0.25, 0.3) is 0 Å². The highest BCUT2D eigenvalue weighted by atomic mass is 19.4. The SMILES string of the molecule is O=C(c1ccn(COc2cccc(C(F)(F)F)c2)n1)N1CCN2CCC[C@H]2C1. The fraction of sp³-hybridized carbons (Fsp3) is 0.474. The lowest BCUT2D eigenvalue weighted by molar-refractivity contribution is -0.137. The highest BCUT2D eigenvalue weighted by Gasteiger charge is 2.33. The van der Waals surface area contributed by atoms with Gasteiger partial charge in [0.05, 0.1) is 5.56 Å². The zero-order valence-electron chi connectivity index (χ0n) is 15.2. The second-order valence-electron chi connectivity index (χ2n) is 7.12. The molecule has 6 nitrogen and oxygen atoms in total. The third-order valence-corrected chi connectivity index (χ3v) is 5.26. The summed E-state index contributed by atoms with van der Waals surface area (Å²) in [7, 11) is 0. The molecule has 0 bridgehead atoms. The van der Waals surface area contributed by atoms with Gasteiger partial charge in [-0.1, -0.05) is 6.07 Å². The lowest BCUT2D eigenvalue weighted by Crippen LogP contribution is -2.52. The Kier molecular flexibility index (Phi) is 5.01. The van der Waals surface area contributed by atoms with Crippen LogP contribution in [0.5, 0.6) is 5.75 Å². The molecule has 0 saturated carbocycles. The molecule has 0 spiro atoms. The molecule has 3 heterocycles. The van der Waals surface area contributed by atoms with Gasteiger partial charge in [-0.2, -0.15) is 18.3 Å². The molecule has 2 fully saturated rings. The van der Waals surface area contributed by atoms with Crippen molar-refractivity contribution in [3.05, 3.63) is 47.8 Å². The van der Waals surface area contributed by atoms with Crippen molar-refractivity contribution in [3.63, 3.8) is 0 Å². The molecule has 0 N–H and O–H groups in total. The van der Waals surface area contributed by atoms with Gasteiger partial charge in [0.2, 0.25) is 0 Å². The highest BCUT2D eigenvalue weighted by molar-refractivity contribution is 5.92. The Morgan fingerprint density at radius 1 is 1.21 bits per heavy atom. The van der Waals surface area contributed by atoms with Crippen molar-refractivity contribution in [1.82, 2.24) is 19.6 Å². The standard InChI is InChI=1S/C19H21F3N4O2/c20-19(21,22)14-3-1-5-16(11-14)28-13-26-8-6-17(23-26)18(27)25-10-9-24-7-2-4-15(24)12-25/h1,3,5-6,8,11,15H,2,4,7,9-10,12-13H2/t15-/m0/s1. The van der Waals surface area contributed by atoms with Crippen molar-refractivity contribution in [3.8, 4) is 5.75 Å². The van der Waals surface area contributed by atoms with E-state index < -0.39 is 11.7 Å². The molecular weight excluding hydrogens is 373 g/mol. The maximum absolute atomic E-state index is 12.8. The Hall–Kier alpha value is -2.55. The van der Waals surface area contributed by atoms with Crippen molar-refractivity contribution in [1.29, 1.82) is 0 Å². The fourth-order valence-corrected chi connectivity index (χ4v) is 3.79. The van der Waals surface area contributed by atoms with E-state index in [0.29, 0.717) is 24.8 Å². The topological polar surface area (TPSA) is 50.6 Å². The molecule has 150 valence electrons. The maximum atomic E-state index is 12.8. The molecule has 0 radical (unpaired) electrons. The van der Waals surface area contributed by atoms with Crippen LogP contribution in [0.4, 0.5) is 13.2 Å². The maximum Gasteiger partial charge on any atom is 0.416 e. The van der Waals surface area contributed by atoms with E-state index in [9.17, 15) is 18.0 Å². The van der Waals surface area contributed by atoms with Crippen LogP contribution in [0.3, 0.4) is 0 Å². The average Bonchev–Trinajstić information content (AvgIpc) is 3.34. The lowest BCUT2D eigenvalue weighted by Gasteiger charge is -2.37. The molecule has 0 aliphatic carbocycles. The van der Waals surface area contributed by atoms with Crippen LogP contribution < -0.4 is 4.74 Å². The molecule has 2 aliphatic rings. The summed E-state index contributed by atoms with van der Waals surface area (Å²) >= 11 is 0. The molecule has 2 aromatic rings. The Balaban J connectivity index is 1.36. The number of alkyl halides is 3. The predicted octanol–water partition coefficient (Wildman–Crippen LogP) is 2.86. The molecular formula is C19H21F3N4O2. The summed E-state index contributed by atoms with van der Waals surface area (Å²) in [5, 5.41) is 4.22. The number of carbonyl (C=O) groups excluding carboxylic acids is 1. The van der Waals surface area contributed by atoms with E-state index in [1.165, 1.54) is 23.2 Å². The first-order valence-electron chi connectivity index (χ1n) is 9.27. The van der Waals surface area contributed by atoms with Crippen LogP contribution in [0.15, 0.2) is 36.5 Å². The molecule has 0 unspecified atom stereocenters. The molecule has 1 atom stereocenters. The van der Waals surface area contributed by atoms with Gasteiger partial charge < -0.3 is 9.64 Å². The predicted molar refractivity (Wildman–Crippen MR) is 94.8 cm³/mol. The molecule has 1 amide bonds. The van der Waals surface area contributed by atoms with Crippen LogP contribution in [0, 0.1) is 0 Å². The lowest BCUT2D eigenvalue weighted by atomic mass is 10.1. The summed E-state index contributed by atoms with van der Waals surface area (Å²) in [5.41, 5.74) is -0.452. The molecule has 28 heavy (non-hydrogen) atoms. The number of aromatic nitrogens is 2. The third kappa shape index (κ3) is 3.99. The molecule has 9 heteroatoms. The van der Waals surface area contributed by atoms with Gasteiger partial charge in [0.25, 0.3) is 5.91 Å². The molecule has 2 aliphatic heterocycles. The van der Waals surface area contributed by atoms with Crippen molar-refractivity contribution in [2.45, 2.75) is 31.8 Å². The zero-order chi connectivity index (χ0) is 19.7. The Labute approximate surface area is 160 Å². The van der Waals surface area contributed by atoms with Crippen LogP contribution in [-0.2, 0) is 12.9 Å². The van der Waals surface area contributed by atoms with E-state index in [4.69, 9.17) is 4.74 Å². The number of halogens is 3. The fourth-order valence-electron chi connectivity index (χ4n) is 3.79. The summed E-state index contributed by atoms with van der Waals surface area (Å²) in [4.78, 5) is 16.9. The van der Waals surface area contributed by atoms with Gasteiger partial charge in [0, 0.05) is 31.9 Å². The number of hydrogen-bond acceptors (Lipinski definition) is 4. The summed E-state index contributed by atoms with van der Waals surface area (Å²) in [6.45, 7) is 3.31. The molecule has 1 aromatic carbocycles. The summed E-state index contributed by atoms with van der Waals surface area (Å²) in [6, 6.07) is 6.71. The first kappa shape index (κ1) is 18.8. The van der Waals surface area contributed by atoms with E-state index in [-0.39, 0.29) is 18.4 Å². The number of carbonyl (C=O) groups is 1. The molecule has 4 rings (SSSR count). The molecule has 2 saturated heterocycles. The zero-order valence-corrected chi connectivity index (χ0v) is 15.2. The average molecular weight is 394 g/mol. The number of fused-ring (bicyclic) bond motifs is 1.